The van der Waals surface area contributed by atoms with Crippen LogP contribution in [0.15, 0.2) is 36.7 Å². The molecular formula is C26H34FN3O2. The average molecular weight is 440 g/mol. The van der Waals surface area contributed by atoms with Crippen LogP contribution in [0.3, 0.4) is 0 Å². The Bertz CT molecular complexity index is 939. The number of likely N-dealkylation sites (tertiary alicyclic amines) is 1. The van der Waals surface area contributed by atoms with E-state index >= 15 is 0 Å². The molecule has 1 N–H and O–H groups in total. The van der Waals surface area contributed by atoms with Crippen molar-refractivity contribution in [2.24, 2.45) is 5.92 Å². The Morgan fingerprint density at radius 2 is 2.06 bits per heavy atom. The summed E-state index contributed by atoms with van der Waals surface area (Å²) in [6, 6.07) is 8.88. The molecule has 32 heavy (non-hydrogen) atoms. The highest BCUT2D eigenvalue weighted by Crippen LogP contribution is 2.56. The molecule has 0 radical (unpaired) electrons. The lowest BCUT2D eigenvalue weighted by Gasteiger charge is -2.59. The molecule has 5 rings (SSSR count). The molecule has 1 aromatic heterocycles. The zero-order valence-corrected chi connectivity index (χ0v) is 19.0. The first-order valence-corrected chi connectivity index (χ1v) is 12.0. The highest BCUT2D eigenvalue weighted by molar-refractivity contribution is 5.62. The number of pyridine rings is 1. The summed E-state index contributed by atoms with van der Waals surface area (Å²) in [6.45, 7) is 4.24. The molecule has 1 aliphatic heterocycles. The first-order valence-electron chi connectivity index (χ1n) is 12.0. The van der Waals surface area contributed by atoms with E-state index in [0.717, 1.165) is 31.8 Å². The Labute approximate surface area is 190 Å². The number of rotatable bonds is 8. The van der Waals surface area contributed by atoms with E-state index in [1.54, 1.807) is 13.3 Å². The predicted molar refractivity (Wildman–Crippen MR) is 124 cm³/mol. The maximum atomic E-state index is 13.6. The van der Waals surface area contributed by atoms with Crippen molar-refractivity contribution in [1.82, 2.24) is 9.88 Å². The van der Waals surface area contributed by atoms with Crippen LogP contribution < -0.4 is 5.32 Å². The van der Waals surface area contributed by atoms with Gasteiger partial charge in [-0.1, -0.05) is 18.9 Å². The van der Waals surface area contributed by atoms with Gasteiger partial charge in [0.1, 0.15) is 5.82 Å². The molecule has 2 aromatic rings. The van der Waals surface area contributed by atoms with Crippen molar-refractivity contribution in [3.05, 3.63) is 53.6 Å². The minimum atomic E-state index is -0.319. The molecule has 1 saturated heterocycles. The standard InChI is InChI=1S/C26H34FN3O2/c1-31-12-13-32-11-10-30-9-8-26-7-3-2-4-23(26)25(30)14-19-5-6-21(16-24(19)26)29-22-15-20(27)17-28-18-22/h5-6,15-18,23,25,29H,2-4,7-14H2,1H3/t23-,25+,26+/m0/s1. The second kappa shape index (κ2) is 9.46. The van der Waals surface area contributed by atoms with Gasteiger partial charge in [-0.25, -0.2) is 4.39 Å². The SMILES string of the molecule is COCCOCCN1CC[C@]23CCCC[C@H]2[C@H]1Cc1ccc(Nc2cncc(F)c2)cc13. The van der Waals surface area contributed by atoms with Gasteiger partial charge in [0.15, 0.2) is 0 Å². The maximum absolute atomic E-state index is 13.6. The van der Waals surface area contributed by atoms with Crippen molar-refractivity contribution in [3.8, 4) is 0 Å². The number of nitrogens with zero attached hydrogens (tertiary/aromatic N) is 2. The summed E-state index contributed by atoms with van der Waals surface area (Å²) in [5.41, 5.74) is 5.02. The Kier molecular flexibility index (Phi) is 6.44. The fraction of sp³-hybridized carbons (Fsp3) is 0.577. The van der Waals surface area contributed by atoms with Gasteiger partial charge in [0.25, 0.3) is 0 Å². The van der Waals surface area contributed by atoms with E-state index in [9.17, 15) is 4.39 Å². The molecule has 2 heterocycles. The summed E-state index contributed by atoms with van der Waals surface area (Å²) in [5.74, 6) is 0.392. The van der Waals surface area contributed by atoms with E-state index in [-0.39, 0.29) is 11.2 Å². The van der Waals surface area contributed by atoms with Crippen LogP contribution in [-0.2, 0) is 21.3 Å². The van der Waals surface area contributed by atoms with E-state index in [2.05, 4.69) is 33.4 Å². The zero-order valence-electron chi connectivity index (χ0n) is 19.0. The van der Waals surface area contributed by atoms with Crippen molar-refractivity contribution in [2.45, 2.75) is 50.0 Å². The normalized spacial score (nSPS) is 26.9. The van der Waals surface area contributed by atoms with Crippen LogP contribution >= 0.6 is 0 Å². The number of aromatic nitrogens is 1. The van der Waals surface area contributed by atoms with Crippen molar-refractivity contribution in [1.29, 1.82) is 0 Å². The first kappa shape index (κ1) is 21.8. The quantitative estimate of drug-likeness (QED) is 0.605. The van der Waals surface area contributed by atoms with Gasteiger partial charge in [-0.3, -0.25) is 9.88 Å². The fourth-order valence-corrected chi connectivity index (χ4v) is 6.51. The van der Waals surface area contributed by atoms with Gasteiger partial charge in [0.2, 0.25) is 0 Å². The van der Waals surface area contributed by atoms with E-state index < -0.39 is 0 Å². The van der Waals surface area contributed by atoms with E-state index in [1.807, 2.05) is 0 Å². The summed E-state index contributed by atoms with van der Waals surface area (Å²) >= 11 is 0. The van der Waals surface area contributed by atoms with Crippen LogP contribution in [0.5, 0.6) is 0 Å². The summed E-state index contributed by atoms with van der Waals surface area (Å²) < 4.78 is 24.5. The number of ether oxygens (including phenoxy) is 2. The van der Waals surface area contributed by atoms with Crippen LogP contribution in [0, 0.1) is 11.7 Å². The Morgan fingerprint density at radius 1 is 1.12 bits per heavy atom. The molecule has 0 amide bonds. The highest BCUT2D eigenvalue weighted by atomic mass is 19.1. The van der Waals surface area contributed by atoms with Gasteiger partial charge in [0.05, 0.1) is 37.9 Å². The smallest absolute Gasteiger partial charge is 0.143 e. The molecule has 172 valence electrons. The number of nitrogens with one attached hydrogen (secondary N) is 1. The number of hydrogen-bond acceptors (Lipinski definition) is 5. The molecule has 0 spiro atoms. The molecule has 3 atom stereocenters. The third kappa shape index (κ3) is 4.16. The number of methoxy groups -OCH3 is 1. The van der Waals surface area contributed by atoms with E-state index in [1.165, 1.54) is 55.5 Å². The maximum Gasteiger partial charge on any atom is 0.143 e. The number of anilines is 2. The van der Waals surface area contributed by atoms with Crippen LogP contribution in [0.4, 0.5) is 15.8 Å². The molecular weight excluding hydrogens is 405 g/mol. The van der Waals surface area contributed by atoms with Gasteiger partial charge in [-0.05, 0) is 61.4 Å². The van der Waals surface area contributed by atoms with Gasteiger partial charge in [-0.2, -0.15) is 0 Å². The number of halogens is 1. The zero-order chi connectivity index (χ0) is 22.0. The van der Waals surface area contributed by atoms with E-state index in [4.69, 9.17) is 9.47 Å². The number of fused-ring (bicyclic) bond motifs is 1. The largest absolute Gasteiger partial charge is 0.382 e. The Balaban J connectivity index is 1.38. The second-order valence-corrected chi connectivity index (χ2v) is 9.56. The van der Waals surface area contributed by atoms with Crippen LogP contribution in [0.25, 0.3) is 0 Å². The number of benzene rings is 1. The molecule has 6 heteroatoms. The molecule has 1 saturated carbocycles. The highest BCUT2D eigenvalue weighted by Gasteiger charge is 2.53. The van der Waals surface area contributed by atoms with Crippen LogP contribution in [0.2, 0.25) is 0 Å². The first-order chi connectivity index (χ1) is 15.7. The lowest BCUT2D eigenvalue weighted by molar-refractivity contribution is -0.0273. The number of piperidine rings is 1. The van der Waals surface area contributed by atoms with E-state index in [0.29, 0.717) is 30.9 Å². The molecule has 0 unspecified atom stereocenters. The molecule has 2 fully saturated rings. The number of hydrogen-bond donors (Lipinski definition) is 1. The summed E-state index contributed by atoms with van der Waals surface area (Å²) in [6.07, 6.45) is 10.5. The van der Waals surface area contributed by atoms with Crippen molar-refractivity contribution in [3.63, 3.8) is 0 Å². The van der Waals surface area contributed by atoms with Crippen molar-refractivity contribution < 1.29 is 13.9 Å². The molecule has 2 aliphatic carbocycles. The third-order valence-electron chi connectivity index (χ3n) is 7.90. The third-order valence-corrected chi connectivity index (χ3v) is 7.90. The predicted octanol–water partition coefficient (Wildman–Crippen LogP) is 4.69. The van der Waals surface area contributed by atoms with Crippen molar-refractivity contribution >= 4 is 11.4 Å². The van der Waals surface area contributed by atoms with Crippen LogP contribution in [-0.4, -0.2) is 55.9 Å². The molecule has 3 aliphatic rings. The molecule has 2 bridgehead atoms. The monoisotopic (exact) mass is 439 g/mol. The van der Waals surface area contributed by atoms with Gasteiger partial charge >= 0.3 is 0 Å². The Hall–Kier alpha value is -2.02. The van der Waals surface area contributed by atoms with Gasteiger partial charge in [0, 0.05) is 36.9 Å². The summed E-state index contributed by atoms with van der Waals surface area (Å²) in [4.78, 5) is 6.66. The minimum Gasteiger partial charge on any atom is -0.382 e. The lowest BCUT2D eigenvalue weighted by Crippen LogP contribution is -2.61. The topological polar surface area (TPSA) is 46.6 Å². The minimum absolute atomic E-state index is 0.280. The lowest BCUT2D eigenvalue weighted by atomic mass is 9.52. The molecule has 1 aromatic carbocycles. The second-order valence-electron chi connectivity index (χ2n) is 9.56. The summed E-state index contributed by atoms with van der Waals surface area (Å²) in [7, 11) is 1.71. The van der Waals surface area contributed by atoms with Gasteiger partial charge in [-0.15, -0.1) is 0 Å². The molecule has 5 nitrogen and oxygen atoms in total. The average Bonchev–Trinajstić information content (AvgIpc) is 2.80. The van der Waals surface area contributed by atoms with Crippen LogP contribution in [0.1, 0.15) is 43.2 Å². The fourth-order valence-electron chi connectivity index (χ4n) is 6.51. The van der Waals surface area contributed by atoms with Gasteiger partial charge < -0.3 is 14.8 Å². The van der Waals surface area contributed by atoms with Crippen molar-refractivity contribution in [2.75, 3.05) is 45.3 Å². The summed E-state index contributed by atoms with van der Waals surface area (Å²) in [5, 5.41) is 3.37. The Morgan fingerprint density at radius 3 is 2.94 bits per heavy atom.